The summed E-state index contributed by atoms with van der Waals surface area (Å²) in [6.07, 6.45) is -1.96. The fraction of sp³-hybridized carbons (Fsp3) is 0.395. The number of carbonyl (C=O) groups excluding carboxylic acids is 5. The lowest BCUT2D eigenvalue weighted by Crippen LogP contribution is -2.46. The third kappa shape index (κ3) is 10.5. The molecule has 0 aliphatic carbocycles. The van der Waals surface area contributed by atoms with Gasteiger partial charge in [-0.2, -0.15) is 0 Å². The molecule has 0 aromatic heterocycles. The average molecular weight is 768 g/mol. The molecule has 3 atom stereocenters. The Morgan fingerprint density at radius 2 is 1.63 bits per heavy atom. The highest BCUT2D eigenvalue weighted by Crippen LogP contribution is 2.41. The van der Waals surface area contributed by atoms with Crippen molar-refractivity contribution in [1.82, 2.24) is 10.2 Å². The van der Waals surface area contributed by atoms with Gasteiger partial charge in [0.2, 0.25) is 5.91 Å². The lowest BCUT2D eigenvalue weighted by molar-refractivity contribution is -0.145. The Bertz CT molecular complexity index is 1740. The smallest absolute Gasteiger partial charge is 0.492 e. The van der Waals surface area contributed by atoms with Crippen LogP contribution >= 0.6 is 15.9 Å². The number of hydrogen-bond donors (Lipinski definition) is 1. The number of benzene rings is 3. The summed E-state index contributed by atoms with van der Waals surface area (Å²) in [4.78, 5) is 68.0. The maximum atomic E-state index is 14.2. The maximum absolute atomic E-state index is 14.2. The normalized spacial score (nSPS) is 17.7. The summed E-state index contributed by atoms with van der Waals surface area (Å²) in [5.74, 6) is -2.07. The van der Waals surface area contributed by atoms with Gasteiger partial charge in [-0.15, -0.1) is 0 Å². The molecular weight excluding hydrogens is 724 g/mol. The molecule has 51 heavy (non-hydrogen) atoms. The van der Waals surface area contributed by atoms with Crippen LogP contribution in [-0.4, -0.2) is 72.5 Å². The van der Waals surface area contributed by atoms with Crippen LogP contribution in [0.2, 0.25) is 0 Å². The number of likely N-dealkylation sites (N-methyl/N-ethyl adjacent to an activating group) is 1. The summed E-state index contributed by atoms with van der Waals surface area (Å²) in [6.45, 7) is 6.94. The molecule has 0 unspecified atom stereocenters. The Morgan fingerprint density at radius 3 is 2.29 bits per heavy atom. The van der Waals surface area contributed by atoms with Gasteiger partial charge in [0, 0.05) is 42.3 Å². The number of alkyl halides is 1. The zero-order chi connectivity index (χ0) is 37.3. The molecule has 3 aromatic carbocycles. The summed E-state index contributed by atoms with van der Waals surface area (Å²) in [6, 6.07) is 16.7. The molecule has 1 N–H and O–H groups in total. The van der Waals surface area contributed by atoms with Gasteiger partial charge in [-0.1, -0.05) is 65.3 Å². The first-order valence-electron chi connectivity index (χ1n) is 16.4. The first-order valence-corrected chi connectivity index (χ1v) is 17.5. The van der Waals surface area contributed by atoms with Crippen molar-refractivity contribution in [1.29, 1.82) is 0 Å². The number of nitrogens with zero attached hydrogens (tertiary/aromatic N) is 1. The fourth-order valence-corrected chi connectivity index (χ4v) is 5.67. The van der Waals surface area contributed by atoms with E-state index in [1.54, 1.807) is 64.1 Å². The maximum Gasteiger partial charge on any atom is 0.514 e. The molecule has 0 saturated carbocycles. The number of methoxy groups -OCH3 is 1. The number of carbonyl (C=O) groups is 5. The van der Waals surface area contributed by atoms with E-state index in [2.05, 4.69) is 21.2 Å². The third-order valence-corrected chi connectivity index (χ3v) is 8.28. The Balaban J connectivity index is 1.90. The number of ketones is 1. The van der Waals surface area contributed by atoms with Gasteiger partial charge >= 0.3 is 18.2 Å². The van der Waals surface area contributed by atoms with Gasteiger partial charge in [0.1, 0.15) is 35.8 Å². The molecule has 4 bridgehead atoms. The SMILES string of the molecule is COC(=O)[C@@H]1Cc2ccc(OC(=O)OC(C)(C)C)c(c2)-c2cc(ccc2OCCBr)[C@H](N(C)C(=O)OCc2ccccc2)C(=O)C[C@@H](C)C(=O)N1. The molecule has 0 fully saturated rings. The number of esters is 1. The summed E-state index contributed by atoms with van der Waals surface area (Å²) >= 11 is 3.39. The van der Waals surface area contributed by atoms with E-state index in [0.717, 1.165) is 5.56 Å². The van der Waals surface area contributed by atoms with E-state index in [4.69, 9.17) is 23.7 Å². The van der Waals surface area contributed by atoms with Gasteiger partial charge in [0.15, 0.2) is 5.78 Å². The number of Topliss-reactive ketones (excluding diaryl/α,β-unsaturated/α-hetero) is 1. The molecule has 3 aromatic rings. The van der Waals surface area contributed by atoms with Crippen molar-refractivity contribution in [3.63, 3.8) is 0 Å². The van der Waals surface area contributed by atoms with Crippen molar-refractivity contribution in [3.05, 3.63) is 83.4 Å². The van der Waals surface area contributed by atoms with Crippen molar-refractivity contribution < 1.29 is 47.7 Å². The van der Waals surface area contributed by atoms with Crippen LogP contribution in [0.25, 0.3) is 11.1 Å². The lowest BCUT2D eigenvalue weighted by atomic mass is 9.90. The molecule has 4 rings (SSSR count). The van der Waals surface area contributed by atoms with Crippen molar-refractivity contribution in [2.45, 2.75) is 64.8 Å². The van der Waals surface area contributed by atoms with Crippen LogP contribution in [0.5, 0.6) is 11.5 Å². The summed E-state index contributed by atoms with van der Waals surface area (Å²) < 4.78 is 27.8. The van der Waals surface area contributed by atoms with Gasteiger partial charge in [-0.05, 0) is 61.7 Å². The molecule has 2 amide bonds. The van der Waals surface area contributed by atoms with Crippen LogP contribution in [0.1, 0.15) is 56.8 Å². The van der Waals surface area contributed by atoms with E-state index in [1.165, 1.54) is 19.1 Å². The molecule has 0 spiro atoms. The monoisotopic (exact) mass is 766 g/mol. The molecule has 0 radical (unpaired) electrons. The second-order valence-electron chi connectivity index (χ2n) is 13.1. The Labute approximate surface area is 305 Å². The number of amides is 2. The van der Waals surface area contributed by atoms with E-state index in [0.29, 0.717) is 33.3 Å². The van der Waals surface area contributed by atoms with E-state index in [-0.39, 0.29) is 31.8 Å². The largest absolute Gasteiger partial charge is 0.514 e. The fourth-order valence-electron chi connectivity index (χ4n) is 5.51. The molecule has 0 saturated heterocycles. The first-order chi connectivity index (χ1) is 24.2. The molecular formula is C38H43BrN2O10. The highest BCUT2D eigenvalue weighted by molar-refractivity contribution is 9.09. The summed E-state index contributed by atoms with van der Waals surface area (Å²) in [5.41, 5.74) is 1.70. The summed E-state index contributed by atoms with van der Waals surface area (Å²) in [5, 5.41) is 3.22. The minimum atomic E-state index is -1.20. The number of rotatable bonds is 8. The predicted octanol–water partition coefficient (Wildman–Crippen LogP) is 6.56. The second kappa shape index (κ2) is 17.3. The first kappa shape index (κ1) is 38.9. The van der Waals surface area contributed by atoms with Crippen molar-refractivity contribution >= 4 is 45.8 Å². The van der Waals surface area contributed by atoms with E-state index >= 15 is 0 Å². The van der Waals surface area contributed by atoms with Gasteiger partial charge in [0.25, 0.3) is 0 Å². The molecule has 272 valence electrons. The average Bonchev–Trinajstić information content (AvgIpc) is 3.09. The quantitative estimate of drug-likeness (QED) is 0.116. The number of ether oxygens (including phenoxy) is 5. The summed E-state index contributed by atoms with van der Waals surface area (Å²) in [7, 11) is 2.66. The number of halogens is 1. The Kier molecular flexibility index (Phi) is 13.2. The van der Waals surface area contributed by atoms with Crippen molar-refractivity contribution in [3.8, 4) is 22.6 Å². The number of hydrogen-bond acceptors (Lipinski definition) is 10. The van der Waals surface area contributed by atoms with Gasteiger partial charge in [-0.25, -0.2) is 14.4 Å². The van der Waals surface area contributed by atoms with Gasteiger partial charge < -0.3 is 29.0 Å². The van der Waals surface area contributed by atoms with Crippen molar-refractivity contribution in [2.75, 3.05) is 26.1 Å². The number of nitrogens with one attached hydrogen (secondary N) is 1. The minimum absolute atomic E-state index is 0.0225. The van der Waals surface area contributed by atoms with Crippen LogP contribution < -0.4 is 14.8 Å². The second-order valence-corrected chi connectivity index (χ2v) is 13.9. The minimum Gasteiger partial charge on any atom is -0.492 e. The lowest BCUT2D eigenvalue weighted by Gasteiger charge is -2.29. The zero-order valence-electron chi connectivity index (χ0n) is 29.5. The molecule has 1 heterocycles. The van der Waals surface area contributed by atoms with Crippen LogP contribution in [0.15, 0.2) is 66.7 Å². The predicted molar refractivity (Wildman–Crippen MR) is 192 cm³/mol. The van der Waals surface area contributed by atoms with Crippen LogP contribution in [-0.2, 0) is 41.6 Å². The standard InChI is InChI=1S/C38H43BrN2O10/c1-23-18-30(42)33(41(5)36(45)49-22-24-10-8-7-9-11-24)26-13-15-31(48-17-16-39)28(21-26)27-19-25(20-29(35(44)47-6)40-34(23)43)12-14-32(27)50-37(46)51-38(2,3)4/h7-15,19,21,23,29,33H,16-18,20,22H2,1-6H3,(H,40,43)/t23-,29+,33+/m1/s1. The van der Waals surface area contributed by atoms with Crippen LogP contribution in [0.4, 0.5) is 9.59 Å². The molecule has 13 heteroatoms. The van der Waals surface area contributed by atoms with E-state index in [9.17, 15) is 24.0 Å². The van der Waals surface area contributed by atoms with Crippen molar-refractivity contribution in [2.24, 2.45) is 5.92 Å². The number of fused-ring (bicyclic) bond motifs is 5. The molecule has 1 aliphatic heterocycles. The van der Waals surface area contributed by atoms with Crippen LogP contribution in [0.3, 0.4) is 0 Å². The zero-order valence-corrected chi connectivity index (χ0v) is 31.1. The molecule has 1 aliphatic rings. The van der Waals surface area contributed by atoms with E-state index < -0.39 is 53.5 Å². The van der Waals surface area contributed by atoms with E-state index in [1.807, 2.05) is 30.3 Å². The van der Waals surface area contributed by atoms with Crippen LogP contribution in [0, 0.1) is 5.92 Å². The molecule has 12 nitrogen and oxygen atoms in total. The Hall–Kier alpha value is -4.91. The Morgan fingerprint density at radius 1 is 0.941 bits per heavy atom. The third-order valence-electron chi connectivity index (χ3n) is 7.95. The topological polar surface area (TPSA) is 147 Å². The highest BCUT2D eigenvalue weighted by atomic mass is 79.9. The van der Waals surface area contributed by atoms with Gasteiger partial charge in [0.05, 0.1) is 13.7 Å². The highest BCUT2D eigenvalue weighted by Gasteiger charge is 2.34. The van der Waals surface area contributed by atoms with Gasteiger partial charge in [-0.3, -0.25) is 14.5 Å².